The van der Waals surface area contributed by atoms with E-state index in [0.717, 1.165) is 17.3 Å². The van der Waals surface area contributed by atoms with Crippen molar-refractivity contribution in [2.24, 2.45) is 0 Å². The second-order valence-electron chi connectivity index (χ2n) is 8.53. The summed E-state index contributed by atoms with van der Waals surface area (Å²) in [5.41, 5.74) is 8.21. The highest BCUT2D eigenvalue weighted by Gasteiger charge is 2.51. The Morgan fingerprint density at radius 3 is 2.65 bits per heavy atom. The SMILES string of the molecule is Brc1ccc2c(c1)C1(C3=C(CCC=C3)Sc3ccccc31)c1ccc3ccccc3c1-2. The smallest absolute Gasteiger partial charge is 0.0732 e. The van der Waals surface area contributed by atoms with Crippen molar-refractivity contribution in [3.63, 3.8) is 0 Å². The van der Waals surface area contributed by atoms with Crippen molar-refractivity contribution in [2.75, 3.05) is 0 Å². The van der Waals surface area contributed by atoms with E-state index in [1.54, 1.807) is 0 Å². The summed E-state index contributed by atoms with van der Waals surface area (Å²) in [5, 5.41) is 2.65. The highest BCUT2D eigenvalue weighted by Crippen LogP contribution is 2.64. The first kappa shape index (κ1) is 18.1. The maximum Gasteiger partial charge on any atom is 0.0732 e. The summed E-state index contributed by atoms with van der Waals surface area (Å²) >= 11 is 5.77. The molecule has 0 nitrogen and oxygen atoms in total. The van der Waals surface area contributed by atoms with Crippen LogP contribution < -0.4 is 0 Å². The minimum Gasteiger partial charge on any atom is -0.0939 e. The summed E-state index contributed by atoms with van der Waals surface area (Å²) in [7, 11) is 0. The number of hydrogen-bond acceptors (Lipinski definition) is 1. The lowest BCUT2D eigenvalue weighted by Gasteiger charge is -2.41. The highest BCUT2D eigenvalue weighted by atomic mass is 79.9. The van der Waals surface area contributed by atoms with Gasteiger partial charge < -0.3 is 0 Å². The van der Waals surface area contributed by atoms with Crippen LogP contribution in [-0.4, -0.2) is 0 Å². The van der Waals surface area contributed by atoms with E-state index in [4.69, 9.17) is 0 Å². The van der Waals surface area contributed by atoms with Crippen LogP contribution in [-0.2, 0) is 5.41 Å². The number of allylic oxidation sites excluding steroid dienone is 4. The molecule has 1 heterocycles. The summed E-state index contributed by atoms with van der Waals surface area (Å²) in [5.74, 6) is 0. The van der Waals surface area contributed by atoms with Crippen LogP contribution in [0, 0.1) is 0 Å². The minimum absolute atomic E-state index is 0.257. The molecule has 0 saturated carbocycles. The van der Waals surface area contributed by atoms with Crippen molar-refractivity contribution in [1.29, 1.82) is 0 Å². The molecule has 0 radical (unpaired) electrons. The molecule has 1 unspecified atom stereocenters. The zero-order valence-corrected chi connectivity index (χ0v) is 19.3. The molecular formula is C29H19BrS. The zero-order chi connectivity index (χ0) is 20.6. The van der Waals surface area contributed by atoms with Crippen molar-refractivity contribution in [2.45, 2.75) is 23.2 Å². The summed E-state index contributed by atoms with van der Waals surface area (Å²) in [4.78, 5) is 2.91. The molecule has 0 aromatic heterocycles. The van der Waals surface area contributed by atoms with Gasteiger partial charge in [0.2, 0.25) is 0 Å². The Balaban J connectivity index is 1.73. The number of fused-ring (bicyclic) bond motifs is 10. The molecule has 31 heavy (non-hydrogen) atoms. The molecule has 3 aliphatic rings. The van der Waals surface area contributed by atoms with Crippen LogP contribution in [0.1, 0.15) is 29.5 Å². The van der Waals surface area contributed by atoms with E-state index in [9.17, 15) is 0 Å². The van der Waals surface area contributed by atoms with Gasteiger partial charge in [-0.25, -0.2) is 0 Å². The third kappa shape index (κ3) is 2.27. The van der Waals surface area contributed by atoms with Crippen LogP contribution in [0.2, 0.25) is 0 Å². The van der Waals surface area contributed by atoms with E-state index < -0.39 is 0 Å². The fraction of sp³-hybridized carbons (Fsp3) is 0.103. The number of thioether (sulfide) groups is 1. The van der Waals surface area contributed by atoms with Crippen LogP contribution in [0.25, 0.3) is 21.9 Å². The Hall–Kier alpha value is -2.55. The Morgan fingerprint density at radius 2 is 1.68 bits per heavy atom. The molecule has 2 aliphatic carbocycles. The first-order valence-electron chi connectivity index (χ1n) is 10.8. The topological polar surface area (TPSA) is 0 Å². The standard InChI is InChI=1S/C29H19BrS/c30-19-14-15-21-25(17-19)29(24-16-13-18-7-1-2-8-20(18)28(21)24)22-9-3-5-11-26(22)31-27-12-6-4-10-23(27)29/h1-5,7-11,13-17H,6,12H2. The lowest BCUT2D eigenvalue weighted by molar-refractivity contribution is 0.723. The van der Waals surface area contributed by atoms with E-state index in [-0.39, 0.29) is 5.41 Å². The summed E-state index contributed by atoms with van der Waals surface area (Å²) in [6, 6.07) is 29.4. The van der Waals surface area contributed by atoms with Crippen molar-refractivity contribution >= 4 is 38.5 Å². The molecule has 4 aromatic rings. The Kier molecular flexibility index (Phi) is 3.77. The number of benzene rings is 4. The van der Waals surface area contributed by atoms with E-state index in [1.165, 1.54) is 54.0 Å². The normalized spacial score (nSPS) is 20.5. The second kappa shape index (κ2) is 6.48. The van der Waals surface area contributed by atoms with E-state index in [0.29, 0.717) is 0 Å². The molecule has 7 rings (SSSR count). The molecule has 0 amide bonds. The molecule has 0 N–H and O–H groups in total. The molecule has 0 fully saturated rings. The maximum absolute atomic E-state index is 3.80. The Morgan fingerprint density at radius 1 is 0.806 bits per heavy atom. The van der Waals surface area contributed by atoms with E-state index in [1.807, 2.05) is 11.8 Å². The minimum atomic E-state index is -0.257. The fourth-order valence-corrected chi connectivity index (χ4v) is 7.53. The Bertz CT molecular complexity index is 1480. The molecule has 0 saturated heterocycles. The van der Waals surface area contributed by atoms with Crippen molar-refractivity contribution in [3.05, 3.63) is 123 Å². The van der Waals surface area contributed by atoms with Gasteiger partial charge in [0.25, 0.3) is 0 Å². The number of hydrogen-bond donors (Lipinski definition) is 0. The van der Waals surface area contributed by atoms with Crippen LogP contribution >= 0.6 is 27.7 Å². The van der Waals surface area contributed by atoms with Crippen molar-refractivity contribution in [3.8, 4) is 11.1 Å². The first-order valence-corrected chi connectivity index (χ1v) is 12.4. The molecule has 2 heteroatoms. The molecule has 0 bridgehead atoms. The lowest BCUT2D eigenvalue weighted by atomic mass is 9.65. The van der Waals surface area contributed by atoms with Crippen molar-refractivity contribution in [1.82, 2.24) is 0 Å². The Labute approximate surface area is 194 Å². The lowest BCUT2D eigenvalue weighted by Crippen LogP contribution is -2.33. The summed E-state index contributed by atoms with van der Waals surface area (Å²) in [6.07, 6.45) is 7.03. The predicted octanol–water partition coefficient (Wildman–Crippen LogP) is 8.63. The summed E-state index contributed by atoms with van der Waals surface area (Å²) in [6.45, 7) is 0. The van der Waals surface area contributed by atoms with Gasteiger partial charge in [0.05, 0.1) is 5.41 Å². The van der Waals surface area contributed by atoms with Crippen LogP contribution in [0.5, 0.6) is 0 Å². The van der Waals surface area contributed by atoms with E-state index in [2.05, 4.69) is 107 Å². The third-order valence-electron chi connectivity index (χ3n) is 7.04. The monoisotopic (exact) mass is 478 g/mol. The maximum atomic E-state index is 3.80. The average Bonchev–Trinajstić information content (AvgIpc) is 3.10. The zero-order valence-electron chi connectivity index (χ0n) is 16.9. The van der Waals surface area contributed by atoms with Gasteiger partial charge in [-0.1, -0.05) is 101 Å². The quantitative estimate of drug-likeness (QED) is 0.243. The summed E-state index contributed by atoms with van der Waals surface area (Å²) < 4.78 is 1.14. The van der Waals surface area contributed by atoms with Crippen LogP contribution in [0.15, 0.2) is 111 Å². The molecule has 1 atom stereocenters. The van der Waals surface area contributed by atoms with Gasteiger partial charge in [0, 0.05) is 9.37 Å². The van der Waals surface area contributed by atoms with Gasteiger partial charge in [0.1, 0.15) is 0 Å². The van der Waals surface area contributed by atoms with Crippen LogP contribution in [0.3, 0.4) is 0 Å². The molecule has 4 aromatic carbocycles. The molecule has 1 spiro atoms. The van der Waals surface area contributed by atoms with Crippen molar-refractivity contribution < 1.29 is 0 Å². The molecular weight excluding hydrogens is 460 g/mol. The molecule has 1 aliphatic heterocycles. The predicted molar refractivity (Wildman–Crippen MR) is 135 cm³/mol. The van der Waals surface area contributed by atoms with Gasteiger partial charge in [-0.2, -0.15) is 0 Å². The highest BCUT2D eigenvalue weighted by molar-refractivity contribution is 9.10. The third-order valence-corrected chi connectivity index (χ3v) is 8.78. The second-order valence-corrected chi connectivity index (χ2v) is 10.6. The van der Waals surface area contributed by atoms with Gasteiger partial charge in [-0.3, -0.25) is 0 Å². The molecule has 148 valence electrons. The van der Waals surface area contributed by atoms with Gasteiger partial charge in [-0.15, -0.1) is 0 Å². The fourth-order valence-electron chi connectivity index (χ4n) is 5.87. The first-order chi connectivity index (χ1) is 15.3. The van der Waals surface area contributed by atoms with Gasteiger partial charge in [0.15, 0.2) is 0 Å². The number of halogens is 1. The van der Waals surface area contributed by atoms with E-state index >= 15 is 0 Å². The van der Waals surface area contributed by atoms with Gasteiger partial charge >= 0.3 is 0 Å². The average molecular weight is 479 g/mol. The largest absolute Gasteiger partial charge is 0.0939 e. The van der Waals surface area contributed by atoms with Crippen LogP contribution in [0.4, 0.5) is 0 Å². The van der Waals surface area contributed by atoms with Gasteiger partial charge in [-0.05, 0) is 80.1 Å². The number of rotatable bonds is 0.